The molecule has 1 saturated heterocycles. The molecule has 1 N–H and O–H groups in total. The van der Waals surface area contributed by atoms with Crippen LogP contribution in [0.4, 0.5) is 5.69 Å². The molecule has 1 aromatic heterocycles. The van der Waals surface area contributed by atoms with Crippen LogP contribution in [0.15, 0.2) is 24.3 Å². The van der Waals surface area contributed by atoms with Crippen molar-refractivity contribution in [3.8, 4) is 5.75 Å². The minimum atomic E-state index is -0.0490. The van der Waals surface area contributed by atoms with Crippen LogP contribution in [0, 0.1) is 13.8 Å². The lowest BCUT2D eigenvalue weighted by atomic mass is 10.1. The van der Waals surface area contributed by atoms with Crippen LogP contribution in [0.5, 0.6) is 5.75 Å². The van der Waals surface area contributed by atoms with E-state index in [4.69, 9.17) is 9.47 Å². The number of methoxy groups -OCH3 is 1. The van der Waals surface area contributed by atoms with Crippen molar-refractivity contribution in [2.45, 2.75) is 39.3 Å². The number of anilines is 1. The average Bonchev–Trinajstić information content (AvgIpc) is 3.26. The van der Waals surface area contributed by atoms with Crippen LogP contribution in [0.25, 0.3) is 0 Å². The normalized spacial score (nSPS) is 16.5. The molecule has 1 amide bonds. The zero-order chi connectivity index (χ0) is 20.1. The topological polar surface area (TPSA) is 68.6 Å². The summed E-state index contributed by atoms with van der Waals surface area (Å²) in [5, 5.41) is 7.40. The number of nitrogens with zero attached hydrogens (tertiary/aromatic N) is 3. The summed E-state index contributed by atoms with van der Waals surface area (Å²) in [6, 6.07) is 7.93. The number of carbonyl (C=O) groups is 1. The molecular weight excluding hydrogens is 356 g/mol. The molecule has 1 fully saturated rings. The van der Waals surface area contributed by atoms with Crippen molar-refractivity contribution >= 4 is 11.6 Å². The Morgan fingerprint density at radius 2 is 2.18 bits per heavy atom. The highest BCUT2D eigenvalue weighted by Crippen LogP contribution is 2.22. The third-order valence-electron chi connectivity index (χ3n) is 5.21. The number of rotatable bonds is 8. The molecule has 0 bridgehead atoms. The van der Waals surface area contributed by atoms with Gasteiger partial charge in [0.25, 0.3) is 0 Å². The minimum Gasteiger partial charge on any atom is -0.496 e. The number of para-hydroxylation sites is 1. The lowest BCUT2D eigenvalue weighted by Gasteiger charge is -2.25. The fourth-order valence-corrected chi connectivity index (χ4v) is 3.67. The zero-order valence-corrected chi connectivity index (χ0v) is 17.2. The van der Waals surface area contributed by atoms with Gasteiger partial charge in [0.05, 0.1) is 36.8 Å². The van der Waals surface area contributed by atoms with E-state index in [0.717, 1.165) is 54.4 Å². The fraction of sp³-hybridized carbons (Fsp3) is 0.524. The van der Waals surface area contributed by atoms with E-state index in [1.807, 2.05) is 45.2 Å². The van der Waals surface area contributed by atoms with Gasteiger partial charge in [0.2, 0.25) is 5.91 Å². The Balaban J connectivity index is 1.71. The molecule has 152 valence electrons. The lowest BCUT2D eigenvalue weighted by molar-refractivity contribution is -0.117. The molecule has 28 heavy (non-hydrogen) atoms. The molecule has 1 aliphatic heterocycles. The first-order chi connectivity index (χ1) is 13.5. The maximum Gasteiger partial charge on any atom is 0.238 e. The number of carbonyl (C=O) groups excluding carboxylic acids is 1. The highest BCUT2D eigenvalue weighted by molar-refractivity contribution is 5.93. The van der Waals surface area contributed by atoms with Crippen molar-refractivity contribution in [1.82, 2.24) is 14.7 Å². The first kappa shape index (κ1) is 20.4. The first-order valence-electron chi connectivity index (χ1n) is 9.73. The number of hydrogen-bond donors (Lipinski definition) is 1. The standard InChI is InChI=1S/C21H30N4O3/c1-15-21(16(2)24(3)23-15)22-20(26)14-25(13-18-9-7-11-28-18)12-17-8-5-6-10-19(17)27-4/h5-6,8,10,18H,7,9,11-14H2,1-4H3,(H,22,26)/t18-/m1/s1. The highest BCUT2D eigenvalue weighted by atomic mass is 16.5. The van der Waals surface area contributed by atoms with Gasteiger partial charge in [-0.25, -0.2) is 0 Å². The summed E-state index contributed by atoms with van der Waals surface area (Å²) in [6.07, 6.45) is 2.28. The van der Waals surface area contributed by atoms with Crippen molar-refractivity contribution in [2.75, 3.05) is 32.1 Å². The summed E-state index contributed by atoms with van der Waals surface area (Å²) in [5.74, 6) is 0.784. The second-order valence-electron chi connectivity index (χ2n) is 7.33. The van der Waals surface area contributed by atoms with E-state index in [-0.39, 0.29) is 18.6 Å². The molecule has 2 heterocycles. The maximum absolute atomic E-state index is 12.8. The summed E-state index contributed by atoms with van der Waals surface area (Å²) in [5.41, 5.74) is 3.62. The second kappa shape index (κ2) is 9.21. The van der Waals surface area contributed by atoms with E-state index in [0.29, 0.717) is 6.54 Å². The van der Waals surface area contributed by atoms with Gasteiger partial charge in [-0.1, -0.05) is 18.2 Å². The van der Waals surface area contributed by atoms with Crippen molar-refractivity contribution in [3.63, 3.8) is 0 Å². The number of hydrogen-bond acceptors (Lipinski definition) is 5. The average molecular weight is 386 g/mol. The van der Waals surface area contributed by atoms with Crippen molar-refractivity contribution < 1.29 is 14.3 Å². The molecular formula is C21H30N4O3. The molecule has 1 aliphatic rings. The van der Waals surface area contributed by atoms with Crippen LogP contribution in [-0.4, -0.2) is 53.5 Å². The van der Waals surface area contributed by atoms with E-state index in [1.54, 1.807) is 11.8 Å². The van der Waals surface area contributed by atoms with Crippen molar-refractivity contribution in [3.05, 3.63) is 41.2 Å². The number of aromatic nitrogens is 2. The summed E-state index contributed by atoms with van der Waals surface area (Å²) in [4.78, 5) is 14.9. The van der Waals surface area contributed by atoms with E-state index in [2.05, 4.69) is 15.3 Å². The molecule has 2 aromatic rings. The van der Waals surface area contributed by atoms with Crippen LogP contribution in [0.3, 0.4) is 0 Å². The zero-order valence-electron chi connectivity index (χ0n) is 17.2. The summed E-state index contributed by atoms with van der Waals surface area (Å²) >= 11 is 0. The molecule has 0 spiro atoms. The number of nitrogens with one attached hydrogen (secondary N) is 1. The van der Waals surface area contributed by atoms with Crippen LogP contribution >= 0.6 is 0 Å². The Morgan fingerprint density at radius 1 is 1.39 bits per heavy atom. The fourth-order valence-electron chi connectivity index (χ4n) is 3.67. The molecule has 1 atom stereocenters. The SMILES string of the molecule is COc1ccccc1CN(CC(=O)Nc1c(C)nn(C)c1C)C[C@H]1CCCO1. The van der Waals surface area contributed by atoms with Gasteiger partial charge in [0, 0.05) is 32.3 Å². The summed E-state index contributed by atoms with van der Waals surface area (Å²) in [6.45, 7) is 6.29. The van der Waals surface area contributed by atoms with Crippen LogP contribution < -0.4 is 10.1 Å². The van der Waals surface area contributed by atoms with Gasteiger partial charge in [-0.2, -0.15) is 5.10 Å². The third kappa shape index (κ3) is 4.91. The van der Waals surface area contributed by atoms with E-state index < -0.39 is 0 Å². The maximum atomic E-state index is 12.8. The van der Waals surface area contributed by atoms with Crippen molar-refractivity contribution in [2.24, 2.45) is 7.05 Å². The third-order valence-corrected chi connectivity index (χ3v) is 5.21. The van der Waals surface area contributed by atoms with Crippen LogP contribution in [0.2, 0.25) is 0 Å². The first-order valence-corrected chi connectivity index (χ1v) is 9.73. The largest absolute Gasteiger partial charge is 0.496 e. The molecule has 3 rings (SSSR count). The van der Waals surface area contributed by atoms with Gasteiger partial charge in [-0.05, 0) is 32.8 Å². The van der Waals surface area contributed by atoms with E-state index in [9.17, 15) is 4.79 Å². The summed E-state index contributed by atoms with van der Waals surface area (Å²) < 4.78 is 13.1. The highest BCUT2D eigenvalue weighted by Gasteiger charge is 2.22. The molecule has 7 heteroatoms. The van der Waals surface area contributed by atoms with Crippen molar-refractivity contribution in [1.29, 1.82) is 0 Å². The Kier molecular flexibility index (Phi) is 6.70. The molecule has 0 radical (unpaired) electrons. The van der Waals surface area contributed by atoms with Crippen LogP contribution in [0.1, 0.15) is 29.8 Å². The van der Waals surface area contributed by atoms with E-state index in [1.165, 1.54) is 0 Å². The van der Waals surface area contributed by atoms with E-state index >= 15 is 0 Å². The Labute approximate surface area is 166 Å². The molecule has 7 nitrogen and oxygen atoms in total. The predicted octanol–water partition coefficient (Wildman–Crippen LogP) is 2.67. The van der Waals surface area contributed by atoms with Gasteiger partial charge in [0.15, 0.2) is 0 Å². The number of aryl methyl sites for hydroxylation is 2. The molecule has 1 aromatic carbocycles. The second-order valence-corrected chi connectivity index (χ2v) is 7.33. The Hall–Kier alpha value is -2.38. The predicted molar refractivity (Wildman–Crippen MR) is 109 cm³/mol. The Morgan fingerprint density at radius 3 is 2.82 bits per heavy atom. The van der Waals surface area contributed by atoms with Gasteiger partial charge in [-0.3, -0.25) is 14.4 Å². The molecule has 0 aliphatic carbocycles. The quantitative estimate of drug-likeness (QED) is 0.755. The number of benzene rings is 1. The van der Waals surface area contributed by atoms with Crippen LogP contribution in [-0.2, 0) is 23.1 Å². The lowest BCUT2D eigenvalue weighted by Crippen LogP contribution is -2.38. The minimum absolute atomic E-state index is 0.0490. The number of amides is 1. The van der Waals surface area contributed by atoms with Gasteiger partial charge in [0.1, 0.15) is 5.75 Å². The van der Waals surface area contributed by atoms with Gasteiger partial charge >= 0.3 is 0 Å². The molecule has 0 unspecified atom stereocenters. The van der Waals surface area contributed by atoms with Gasteiger partial charge < -0.3 is 14.8 Å². The number of ether oxygens (including phenoxy) is 2. The monoisotopic (exact) mass is 386 g/mol. The summed E-state index contributed by atoms with van der Waals surface area (Å²) in [7, 11) is 3.55. The molecule has 0 saturated carbocycles. The smallest absolute Gasteiger partial charge is 0.238 e. The Bertz CT molecular complexity index is 812. The van der Waals surface area contributed by atoms with Gasteiger partial charge in [-0.15, -0.1) is 0 Å².